The van der Waals surface area contributed by atoms with E-state index in [4.69, 9.17) is 14.9 Å². The van der Waals surface area contributed by atoms with Crippen LogP contribution < -0.4 is 5.73 Å². The topological polar surface area (TPSA) is 129 Å². The number of ether oxygens (including phenoxy) is 1. The van der Waals surface area contributed by atoms with Gasteiger partial charge in [-0.2, -0.15) is 0 Å². The lowest BCUT2D eigenvalue weighted by Gasteiger charge is -2.37. The molecule has 0 radical (unpaired) electrons. The Balaban J connectivity index is 1.78. The molecule has 2 aromatic heterocycles. The smallest absolute Gasteiger partial charge is 0.192 e. The molecule has 10 heteroatoms. The summed E-state index contributed by atoms with van der Waals surface area (Å²) in [6.07, 6.45) is -0.852. The molecule has 4 atom stereocenters. The Bertz CT molecular complexity index is 791. The number of aliphatic hydroxyl groups is 2. The quantitative estimate of drug-likeness (QED) is 0.670. The molecule has 4 N–H and O–H groups in total. The number of nitrogens with two attached hydrogens (primary N) is 1. The largest absolute Gasteiger partial charge is 0.414 e. The molecule has 1 fully saturated rings. The Labute approximate surface area is 153 Å². The zero-order chi connectivity index (χ0) is 19.3. The summed E-state index contributed by atoms with van der Waals surface area (Å²) in [6, 6.07) is 0. The fourth-order valence-electron chi connectivity index (χ4n) is 2.66. The van der Waals surface area contributed by atoms with Crippen LogP contribution in [0.4, 0.5) is 5.82 Å². The van der Waals surface area contributed by atoms with E-state index < -0.39 is 32.9 Å². The maximum Gasteiger partial charge on any atom is 0.192 e. The van der Waals surface area contributed by atoms with Crippen LogP contribution in [0.2, 0.25) is 18.1 Å². The molecule has 0 aromatic carbocycles. The number of hydrogen-bond donors (Lipinski definition) is 3. The van der Waals surface area contributed by atoms with Crippen molar-refractivity contribution in [3.05, 3.63) is 12.7 Å². The van der Waals surface area contributed by atoms with E-state index >= 15 is 0 Å². The van der Waals surface area contributed by atoms with Crippen molar-refractivity contribution in [2.24, 2.45) is 0 Å². The third-order valence-electron chi connectivity index (χ3n) is 5.41. The van der Waals surface area contributed by atoms with Crippen LogP contribution in [-0.2, 0) is 9.16 Å². The summed E-state index contributed by atoms with van der Waals surface area (Å²) in [7, 11) is -1.99. The molecule has 1 aliphatic heterocycles. The minimum absolute atomic E-state index is 0.0452. The summed E-state index contributed by atoms with van der Waals surface area (Å²) in [6.45, 7) is 10.9. The van der Waals surface area contributed by atoms with Crippen LogP contribution in [0.1, 0.15) is 27.0 Å². The van der Waals surface area contributed by atoms with Gasteiger partial charge in [-0.1, -0.05) is 20.8 Å². The van der Waals surface area contributed by atoms with Gasteiger partial charge in [0.25, 0.3) is 0 Å². The van der Waals surface area contributed by atoms with E-state index in [0.717, 1.165) is 0 Å². The second kappa shape index (κ2) is 6.53. The van der Waals surface area contributed by atoms with Crippen molar-refractivity contribution < 1.29 is 19.4 Å². The molecule has 144 valence electrons. The average molecular weight is 382 g/mol. The number of hydrogen-bond acceptors (Lipinski definition) is 8. The van der Waals surface area contributed by atoms with Gasteiger partial charge < -0.3 is 25.1 Å². The average Bonchev–Trinajstić information content (AvgIpc) is 3.08. The van der Waals surface area contributed by atoms with Crippen molar-refractivity contribution in [2.75, 3.05) is 12.3 Å². The zero-order valence-electron chi connectivity index (χ0n) is 15.7. The number of aliphatic hydroxyl groups excluding tert-OH is 2. The molecular weight excluding hydrogens is 354 g/mol. The fraction of sp³-hybridized carbons (Fsp3) is 0.688. The summed E-state index contributed by atoms with van der Waals surface area (Å²) in [4.78, 5) is 12.2. The summed E-state index contributed by atoms with van der Waals surface area (Å²) in [5.41, 5.74) is 6.67. The molecule has 2 aromatic rings. The van der Waals surface area contributed by atoms with Crippen molar-refractivity contribution in [3.63, 3.8) is 0 Å². The molecule has 0 spiro atoms. The van der Waals surface area contributed by atoms with E-state index in [0.29, 0.717) is 11.2 Å². The third kappa shape index (κ3) is 3.23. The third-order valence-corrected chi connectivity index (χ3v) is 9.91. The van der Waals surface area contributed by atoms with Gasteiger partial charge in [-0.3, -0.25) is 4.57 Å². The molecule has 0 saturated carbocycles. The Morgan fingerprint density at radius 3 is 2.58 bits per heavy atom. The van der Waals surface area contributed by atoms with Gasteiger partial charge >= 0.3 is 0 Å². The lowest BCUT2D eigenvalue weighted by molar-refractivity contribution is -0.0491. The van der Waals surface area contributed by atoms with Crippen LogP contribution in [-0.4, -0.2) is 63.0 Å². The van der Waals surface area contributed by atoms with E-state index in [1.165, 1.54) is 12.7 Å². The minimum Gasteiger partial charge on any atom is -0.414 e. The van der Waals surface area contributed by atoms with Crippen LogP contribution in [0, 0.1) is 0 Å². The Morgan fingerprint density at radius 1 is 1.23 bits per heavy atom. The highest BCUT2D eigenvalue weighted by Crippen LogP contribution is 2.38. The van der Waals surface area contributed by atoms with Gasteiger partial charge in [0.15, 0.2) is 26.0 Å². The van der Waals surface area contributed by atoms with Gasteiger partial charge in [0.2, 0.25) is 0 Å². The van der Waals surface area contributed by atoms with Gasteiger partial charge in [-0.15, -0.1) is 0 Å². The van der Waals surface area contributed by atoms with Crippen LogP contribution in [0.25, 0.3) is 11.2 Å². The first-order valence-electron chi connectivity index (χ1n) is 8.61. The van der Waals surface area contributed by atoms with Gasteiger partial charge in [-0.05, 0) is 18.1 Å². The first kappa shape index (κ1) is 19.2. The Morgan fingerprint density at radius 2 is 1.92 bits per heavy atom. The molecule has 0 aliphatic carbocycles. The van der Waals surface area contributed by atoms with Crippen LogP contribution in [0.15, 0.2) is 12.7 Å². The second-order valence-electron chi connectivity index (χ2n) is 8.20. The van der Waals surface area contributed by atoms with E-state index in [-0.39, 0.29) is 17.5 Å². The fourth-order valence-corrected chi connectivity index (χ4v) is 3.67. The predicted octanol–water partition coefficient (Wildman–Crippen LogP) is 1.05. The van der Waals surface area contributed by atoms with Crippen LogP contribution >= 0.6 is 0 Å². The molecule has 9 nitrogen and oxygen atoms in total. The highest BCUT2D eigenvalue weighted by atomic mass is 28.4. The second-order valence-corrected chi connectivity index (χ2v) is 13.0. The van der Waals surface area contributed by atoms with Gasteiger partial charge in [0.05, 0.1) is 12.9 Å². The van der Waals surface area contributed by atoms with Crippen LogP contribution in [0.3, 0.4) is 0 Å². The summed E-state index contributed by atoms with van der Waals surface area (Å²) in [5.74, 6) is 0.250. The molecule has 3 rings (SSSR count). The van der Waals surface area contributed by atoms with Crippen molar-refractivity contribution in [3.8, 4) is 0 Å². The van der Waals surface area contributed by atoms with E-state index in [2.05, 4.69) is 48.8 Å². The summed E-state index contributed by atoms with van der Waals surface area (Å²) >= 11 is 0. The monoisotopic (exact) mass is 381 g/mol. The molecule has 1 saturated heterocycles. The summed E-state index contributed by atoms with van der Waals surface area (Å²) < 4.78 is 13.6. The molecule has 3 heterocycles. The Hall–Kier alpha value is -1.59. The normalized spacial score (nSPS) is 27.3. The van der Waals surface area contributed by atoms with Crippen LogP contribution in [0.5, 0.6) is 0 Å². The van der Waals surface area contributed by atoms with Gasteiger partial charge in [-0.25, -0.2) is 15.0 Å². The highest BCUT2D eigenvalue weighted by Gasteiger charge is 2.46. The maximum absolute atomic E-state index is 10.5. The number of rotatable bonds is 4. The van der Waals surface area contributed by atoms with Crippen molar-refractivity contribution in [2.45, 2.75) is 63.4 Å². The number of anilines is 1. The molecule has 26 heavy (non-hydrogen) atoms. The molecular formula is C16H27N5O4Si. The van der Waals surface area contributed by atoms with E-state index in [9.17, 15) is 10.2 Å². The van der Waals surface area contributed by atoms with Gasteiger partial charge in [0, 0.05) is 0 Å². The minimum atomic E-state index is -1.99. The predicted molar refractivity (Wildman–Crippen MR) is 98.8 cm³/mol. The summed E-state index contributed by atoms with van der Waals surface area (Å²) in [5, 5.41) is 20.9. The number of nitrogens with zero attached hydrogens (tertiary/aromatic N) is 4. The Kier molecular flexibility index (Phi) is 4.82. The standard InChI is InChI=1S/C16H27N5O4Si/c1-16(2,3)26(4,5)24-6-9-11(22)12(23)15(25-9)21-8-20-10-13(17)18-7-19-14(10)21/h7-9,11-12,15,22-23H,6H2,1-5H3,(H2,17,18,19)/t9-,11-,12+,15-/m1/s1. The lowest BCUT2D eigenvalue weighted by Crippen LogP contribution is -2.44. The SMILES string of the molecule is CC(C)(C)[Si](C)(C)OC[C@H]1O[C@@H](n2cnc3c(N)ncnc32)[C@@H](O)[C@@H]1O. The van der Waals surface area contributed by atoms with Crippen molar-refractivity contribution in [1.29, 1.82) is 0 Å². The molecule has 0 bridgehead atoms. The van der Waals surface area contributed by atoms with Crippen molar-refractivity contribution in [1.82, 2.24) is 19.5 Å². The first-order chi connectivity index (χ1) is 12.0. The van der Waals surface area contributed by atoms with E-state index in [1.807, 2.05) is 0 Å². The van der Waals surface area contributed by atoms with E-state index in [1.54, 1.807) is 4.57 Å². The molecule has 0 unspecified atom stereocenters. The maximum atomic E-state index is 10.5. The van der Waals surface area contributed by atoms with Gasteiger partial charge in [0.1, 0.15) is 30.2 Å². The first-order valence-corrected chi connectivity index (χ1v) is 11.5. The molecule has 1 aliphatic rings. The number of fused-ring (bicyclic) bond motifs is 1. The molecule has 0 amide bonds. The number of nitrogen functional groups attached to an aromatic ring is 1. The highest BCUT2D eigenvalue weighted by molar-refractivity contribution is 6.74. The zero-order valence-corrected chi connectivity index (χ0v) is 16.7. The lowest BCUT2D eigenvalue weighted by atomic mass is 10.1. The number of aromatic nitrogens is 4. The number of imidazole rings is 1. The van der Waals surface area contributed by atoms with Crippen molar-refractivity contribution >= 4 is 25.3 Å².